The second-order valence-electron chi connectivity index (χ2n) is 6.54. The number of ether oxygens (including phenoxy) is 1. The van der Waals surface area contributed by atoms with Crippen molar-refractivity contribution in [3.05, 3.63) is 18.2 Å². The molecule has 24 heavy (non-hydrogen) atoms. The van der Waals surface area contributed by atoms with Crippen LogP contribution in [-0.2, 0) is 14.8 Å². The van der Waals surface area contributed by atoms with Gasteiger partial charge in [0, 0.05) is 19.0 Å². The number of hydrogen-bond donors (Lipinski definition) is 2. The van der Waals surface area contributed by atoms with Crippen molar-refractivity contribution in [1.82, 2.24) is 4.72 Å². The van der Waals surface area contributed by atoms with E-state index in [1.54, 1.807) is 6.07 Å². The Kier molecular flexibility index (Phi) is 5.87. The number of benzene rings is 1. The standard InChI is InChI=1S/C17H26N2O4S/c1-11-6-5-7-15(12(11)2)19-24(21,22)14-8-9-16(18-13(3)20)17(10-14)23-4/h8-12,15,19H,5-7H2,1-4H3,(H,18,20)/t11-,12+,15-/m0/s1. The number of amides is 1. The van der Waals surface area contributed by atoms with Gasteiger partial charge in [-0.2, -0.15) is 0 Å². The van der Waals surface area contributed by atoms with E-state index in [-0.39, 0.29) is 16.8 Å². The highest BCUT2D eigenvalue weighted by Gasteiger charge is 2.31. The van der Waals surface area contributed by atoms with Crippen molar-refractivity contribution in [2.24, 2.45) is 11.8 Å². The van der Waals surface area contributed by atoms with Crippen LogP contribution in [-0.4, -0.2) is 27.5 Å². The minimum atomic E-state index is -3.64. The Morgan fingerprint density at radius 2 is 1.96 bits per heavy atom. The van der Waals surface area contributed by atoms with Gasteiger partial charge in [-0.15, -0.1) is 0 Å². The van der Waals surface area contributed by atoms with Crippen LogP contribution in [0.2, 0.25) is 0 Å². The van der Waals surface area contributed by atoms with Gasteiger partial charge in [-0.05, 0) is 30.4 Å². The molecular formula is C17H26N2O4S. The monoisotopic (exact) mass is 354 g/mol. The summed E-state index contributed by atoms with van der Waals surface area (Å²) in [7, 11) is -2.20. The van der Waals surface area contributed by atoms with Crippen molar-refractivity contribution in [1.29, 1.82) is 0 Å². The fourth-order valence-corrected chi connectivity index (χ4v) is 4.52. The molecular weight excluding hydrogens is 328 g/mol. The van der Waals surface area contributed by atoms with Crippen LogP contribution in [0.25, 0.3) is 0 Å². The molecule has 2 N–H and O–H groups in total. The van der Waals surface area contributed by atoms with E-state index >= 15 is 0 Å². The molecule has 0 spiro atoms. The Morgan fingerprint density at radius 1 is 1.25 bits per heavy atom. The maximum atomic E-state index is 12.7. The Bertz CT molecular complexity index is 703. The van der Waals surface area contributed by atoms with E-state index < -0.39 is 10.0 Å². The number of methoxy groups -OCH3 is 1. The van der Waals surface area contributed by atoms with Crippen LogP contribution in [0.3, 0.4) is 0 Å². The molecule has 1 aromatic rings. The summed E-state index contributed by atoms with van der Waals surface area (Å²) < 4.78 is 33.4. The molecule has 134 valence electrons. The van der Waals surface area contributed by atoms with Gasteiger partial charge in [0.05, 0.1) is 17.7 Å². The predicted octanol–water partition coefficient (Wildman–Crippen LogP) is 2.76. The van der Waals surface area contributed by atoms with Crippen LogP contribution >= 0.6 is 0 Å². The highest BCUT2D eigenvalue weighted by molar-refractivity contribution is 7.89. The molecule has 7 heteroatoms. The van der Waals surface area contributed by atoms with Crippen molar-refractivity contribution in [3.8, 4) is 5.75 Å². The predicted molar refractivity (Wildman–Crippen MR) is 93.6 cm³/mol. The summed E-state index contributed by atoms with van der Waals surface area (Å²) in [6.45, 7) is 5.64. The molecule has 0 unspecified atom stereocenters. The van der Waals surface area contributed by atoms with Gasteiger partial charge in [0.15, 0.2) is 0 Å². The third-order valence-electron chi connectivity index (χ3n) is 4.81. The minimum Gasteiger partial charge on any atom is -0.495 e. The van der Waals surface area contributed by atoms with Gasteiger partial charge in [-0.3, -0.25) is 4.79 Å². The van der Waals surface area contributed by atoms with E-state index in [9.17, 15) is 13.2 Å². The molecule has 0 aliphatic heterocycles. The number of rotatable bonds is 5. The van der Waals surface area contributed by atoms with Gasteiger partial charge in [-0.25, -0.2) is 13.1 Å². The first-order chi connectivity index (χ1) is 11.2. The highest BCUT2D eigenvalue weighted by atomic mass is 32.2. The van der Waals surface area contributed by atoms with Crippen LogP contribution in [0.5, 0.6) is 5.75 Å². The first-order valence-corrected chi connectivity index (χ1v) is 9.71. The van der Waals surface area contributed by atoms with Crippen LogP contribution < -0.4 is 14.8 Å². The zero-order valence-electron chi connectivity index (χ0n) is 14.6. The van der Waals surface area contributed by atoms with Crippen LogP contribution in [0.4, 0.5) is 5.69 Å². The fourth-order valence-electron chi connectivity index (χ4n) is 3.15. The number of carbonyl (C=O) groups excluding carboxylic acids is 1. The van der Waals surface area contributed by atoms with Gasteiger partial charge in [0.1, 0.15) is 5.75 Å². The third-order valence-corrected chi connectivity index (χ3v) is 6.29. The molecule has 0 bridgehead atoms. The zero-order chi connectivity index (χ0) is 17.9. The molecule has 0 heterocycles. The Morgan fingerprint density at radius 3 is 2.58 bits per heavy atom. The van der Waals surface area contributed by atoms with Crippen molar-refractivity contribution in [3.63, 3.8) is 0 Å². The smallest absolute Gasteiger partial charge is 0.240 e. The molecule has 1 aliphatic rings. The molecule has 1 saturated carbocycles. The SMILES string of the molecule is COc1cc(S(=O)(=O)N[C@H]2CCC[C@H](C)[C@H]2C)ccc1NC(C)=O. The lowest BCUT2D eigenvalue weighted by atomic mass is 9.78. The Labute approximate surface area is 144 Å². The van der Waals surface area contributed by atoms with E-state index in [1.807, 2.05) is 0 Å². The van der Waals surface area contributed by atoms with Gasteiger partial charge in [0.2, 0.25) is 15.9 Å². The highest BCUT2D eigenvalue weighted by Crippen LogP contribution is 2.32. The number of carbonyl (C=O) groups is 1. The van der Waals surface area contributed by atoms with E-state index in [2.05, 4.69) is 23.9 Å². The summed E-state index contributed by atoms with van der Waals surface area (Å²) in [4.78, 5) is 11.3. The fraction of sp³-hybridized carbons (Fsp3) is 0.588. The lowest BCUT2D eigenvalue weighted by Gasteiger charge is -2.34. The van der Waals surface area contributed by atoms with Gasteiger partial charge < -0.3 is 10.1 Å². The first-order valence-electron chi connectivity index (χ1n) is 8.22. The lowest BCUT2D eigenvalue weighted by molar-refractivity contribution is -0.114. The summed E-state index contributed by atoms with van der Waals surface area (Å²) in [6.07, 6.45) is 3.02. The van der Waals surface area contributed by atoms with Crippen molar-refractivity contribution in [2.45, 2.75) is 51.0 Å². The normalized spacial score (nSPS) is 24.4. The maximum Gasteiger partial charge on any atom is 0.240 e. The topological polar surface area (TPSA) is 84.5 Å². The van der Waals surface area contributed by atoms with E-state index in [4.69, 9.17) is 4.74 Å². The van der Waals surface area contributed by atoms with E-state index in [0.29, 0.717) is 23.3 Å². The Balaban J connectivity index is 2.24. The maximum absolute atomic E-state index is 12.7. The summed E-state index contributed by atoms with van der Waals surface area (Å²) in [5.41, 5.74) is 0.448. The Hall–Kier alpha value is -1.60. The van der Waals surface area contributed by atoms with Gasteiger partial charge in [-0.1, -0.05) is 26.7 Å². The van der Waals surface area contributed by atoms with Crippen molar-refractivity contribution >= 4 is 21.6 Å². The molecule has 1 aromatic carbocycles. The van der Waals surface area contributed by atoms with Gasteiger partial charge >= 0.3 is 0 Å². The van der Waals surface area contributed by atoms with Crippen molar-refractivity contribution in [2.75, 3.05) is 12.4 Å². The quantitative estimate of drug-likeness (QED) is 0.851. The lowest BCUT2D eigenvalue weighted by Crippen LogP contribution is -2.43. The van der Waals surface area contributed by atoms with Crippen LogP contribution in [0.15, 0.2) is 23.1 Å². The number of hydrogen-bond acceptors (Lipinski definition) is 4. The molecule has 3 atom stereocenters. The second kappa shape index (κ2) is 7.53. The number of sulfonamides is 1. The average Bonchev–Trinajstić information content (AvgIpc) is 2.51. The number of nitrogens with one attached hydrogen (secondary N) is 2. The summed E-state index contributed by atoms with van der Waals surface area (Å²) in [6, 6.07) is 4.40. The molecule has 0 saturated heterocycles. The van der Waals surface area contributed by atoms with E-state index in [0.717, 1.165) is 19.3 Å². The molecule has 2 rings (SSSR count). The summed E-state index contributed by atoms with van der Waals surface area (Å²) in [5.74, 6) is 0.877. The van der Waals surface area contributed by atoms with E-state index in [1.165, 1.54) is 26.2 Å². The van der Waals surface area contributed by atoms with Crippen LogP contribution in [0, 0.1) is 11.8 Å². The molecule has 1 fully saturated rings. The second-order valence-corrected chi connectivity index (χ2v) is 8.25. The molecule has 6 nitrogen and oxygen atoms in total. The summed E-state index contributed by atoms with van der Waals surface area (Å²) in [5, 5.41) is 2.62. The number of anilines is 1. The zero-order valence-corrected chi connectivity index (χ0v) is 15.4. The third kappa shape index (κ3) is 4.27. The van der Waals surface area contributed by atoms with Crippen molar-refractivity contribution < 1.29 is 17.9 Å². The molecule has 1 amide bonds. The molecule has 1 aliphatic carbocycles. The average molecular weight is 354 g/mol. The first kappa shape index (κ1) is 18.7. The van der Waals surface area contributed by atoms with Crippen LogP contribution in [0.1, 0.15) is 40.0 Å². The summed E-state index contributed by atoms with van der Waals surface area (Å²) >= 11 is 0. The van der Waals surface area contributed by atoms with Gasteiger partial charge in [0.25, 0.3) is 0 Å². The largest absolute Gasteiger partial charge is 0.495 e. The molecule has 0 aromatic heterocycles. The molecule has 0 radical (unpaired) electrons. The minimum absolute atomic E-state index is 0.0558.